The Morgan fingerprint density at radius 1 is 0.881 bits per heavy atom. The zero-order chi connectivity index (χ0) is 30.5. The Labute approximate surface area is 252 Å². The molecular weight excluding hydrogens is 608 g/mol. The quantitative estimate of drug-likeness (QED) is 0.146. The highest BCUT2D eigenvalue weighted by Gasteiger charge is 2.13. The molecule has 3 rings (SSSR count). The molecule has 222 valence electrons. The number of nitrogens with one attached hydrogen (secondary N) is 3. The van der Waals surface area contributed by atoms with E-state index in [1.165, 1.54) is 6.21 Å². The number of ether oxygens (including phenoxy) is 4. The molecule has 3 aromatic carbocycles. The van der Waals surface area contributed by atoms with Gasteiger partial charge in [-0.3, -0.25) is 14.4 Å². The van der Waals surface area contributed by atoms with Crippen LogP contribution in [-0.4, -0.2) is 57.9 Å². The van der Waals surface area contributed by atoms with Gasteiger partial charge in [-0.15, -0.1) is 0 Å². The van der Waals surface area contributed by atoms with Crippen LogP contribution in [-0.2, 0) is 20.8 Å². The van der Waals surface area contributed by atoms with Crippen molar-refractivity contribution >= 4 is 45.6 Å². The van der Waals surface area contributed by atoms with E-state index in [-0.39, 0.29) is 19.1 Å². The molecule has 0 aromatic heterocycles. The fourth-order valence-electron chi connectivity index (χ4n) is 3.71. The van der Waals surface area contributed by atoms with Gasteiger partial charge in [0.25, 0.3) is 5.91 Å². The van der Waals surface area contributed by atoms with Crippen molar-refractivity contribution in [2.75, 3.05) is 39.3 Å². The van der Waals surface area contributed by atoms with Crippen molar-refractivity contribution in [1.82, 2.24) is 10.7 Å². The van der Waals surface area contributed by atoms with E-state index in [1.54, 1.807) is 44.6 Å². The fraction of sp³-hybridized carbons (Fsp3) is 0.267. The van der Waals surface area contributed by atoms with Gasteiger partial charge in [-0.2, -0.15) is 5.10 Å². The van der Waals surface area contributed by atoms with E-state index in [0.717, 1.165) is 15.6 Å². The van der Waals surface area contributed by atoms with Crippen LogP contribution >= 0.6 is 15.9 Å². The van der Waals surface area contributed by atoms with E-state index in [2.05, 4.69) is 37.1 Å². The molecule has 42 heavy (non-hydrogen) atoms. The number of aryl methyl sites for hydroxylation is 1. The van der Waals surface area contributed by atoms with E-state index in [4.69, 9.17) is 18.9 Å². The summed E-state index contributed by atoms with van der Waals surface area (Å²) in [6.07, 6.45) is 1.85. The van der Waals surface area contributed by atoms with Crippen molar-refractivity contribution in [1.29, 1.82) is 0 Å². The summed E-state index contributed by atoms with van der Waals surface area (Å²) in [5.41, 5.74) is 5.34. The minimum Gasteiger partial charge on any atom is -0.493 e. The molecule has 0 aliphatic rings. The van der Waals surface area contributed by atoms with E-state index in [9.17, 15) is 14.4 Å². The first kappa shape index (κ1) is 31.9. The second-order valence-electron chi connectivity index (χ2n) is 8.83. The molecule has 0 bridgehead atoms. The van der Waals surface area contributed by atoms with Crippen LogP contribution in [0.15, 0.2) is 64.2 Å². The summed E-state index contributed by atoms with van der Waals surface area (Å²) in [5.74, 6) is -0.0964. The van der Waals surface area contributed by atoms with Crippen LogP contribution in [0.25, 0.3) is 0 Å². The summed E-state index contributed by atoms with van der Waals surface area (Å²) >= 11 is 3.43. The number of anilines is 1. The van der Waals surface area contributed by atoms with Gasteiger partial charge in [-0.25, -0.2) is 5.43 Å². The van der Waals surface area contributed by atoms with E-state index < -0.39 is 11.8 Å². The topological polar surface area (TPSA) is 137 Å². The van der Waals surface area contributed by atoms with Crippen molar-refractivity contribution in [2.24, 2.45) is 5.10 Å². The predicted molar refractivity (Wildman–Crippen MR) is 163 cm³/mol. The normalized spacial score (nSPS) is 10.6. The van der Waals surface area contributed by atoms with E-state index >= 15 is 0 Å². The number of carbonyl (C=O) groups excluding carboxylic acids is 3. The lowest BCUT2D eigenvalue weighted by atomic mass is 10.1. The average Bonchev–Trinajstić information content (AvgIpc) is 2.98. The SMILES string of the molecule is CCOc1cc(/C=N\NC(=O)C(=O)NCCc2ccc(OC)c(OC)c2)ccc1OCC(=O)Nc1ccc(Br)c(C)c1. The van der Waals surface area contributed by atoms with Crippen LogP contribution in [0.5, 0.6) is 23.0 Å². The zero-order valence-corrected chi connectivity index (χ0v) is 25.4. The Morgan fingerprint density at radius 2 is 1.64 bits per heavy atom. The Bertz CT molecular complexity index is 1450. The summed E-state index contributed by atoms with van der Waals surface area (Å²) < 4.78 is 22.8. The van der Waals surface area contributed by atoms with Crippen LogP contribution in [0, 0.1) is 6.92 Å². The minimum atomic E-state index is -0.907. The Balaban J connectivity index is 1.49. The summed E-state index contributed by atoms with van der Waals surface area (Å²) in [5, 5.41) is 9.20. The molecule has 0 unspecified atom stereocenters. The number of hydrogen-bond acceptors (Lipinski definition) is 8. The molecule has 0 aliphatic heterocycles. The van der Waals surface area contributed by atoms with Crippen molar-refractivity contribution in [2.45, 2.75) is 20.3 Å². The number of amides is 3. The van der Waals surface area contributed by atoms with Gasteiger partial charge in [0.2, 0.25) is 0 Å². The summed E-state index contributed by atoms with van der Waals surface area (Å²) in [6.45, 7) is 4.13. The first-order chi connectivity index (χ1) is 20.2. The van der Waals surface area contributed by atoms with Crippen LogP contribution < -0.4 is 35.0 Å². The highest BCUT2D eigenvalue weighted by atomic mass is 79.9. The standard InChI is InChI=1S/C30H33BrN4O7/c1-5-41-27-16-21(7-11-25(27)42-18-28(36)34-22-8-9-23(31)19(2)14-22)17-33-35-30(38)29(37)32-13-12-20-6-10-24(39-3)26(15-20)40-4/h6-11,14-17H,5,12-13,18H2,1-4H3,(H,32,37)(H,34,36)(H,35,38)/b33-17-. The maximum atomic E-state index is 12.4. The van der Waals surface area contributed by atoms with Crippen LogP contribution in [0.2, 0.25) is 0 Å². The monoisotopic (exact) mass is 640 g/mol. The number of carbonyl (C=O) groups is 3. The van der Waals surface area contributed by atoms with Crippen molar-refractivity contribution in [3.8, 4) is 23.0 Å². The van der Waals surface area contributed by atoms with Crippen molar-refractivity contribution in [3.63, 3.8) is 0 Å². The largest absolute Gasteiger partial charge is 0.493 e. The maximum Gasteiger partial charge on any atom is 0.329 e. The molecule has 0 saturated carbocycles. The lowest BCUT2D eigenvalue weighted by Gasteiger charge is -2.13. The van der Waals surface area contributed by atoms with Crippen LogP contribution in [0.4, 0.5) is 5.69 Å². The predicted octanol–water partition coefficient (Wildman–Crippen LogP) is 4.00. The Morgan fingerprint density at radius 3 is 2.36 bits per heavy atom. The molecule has 12 heteroatoms. The average molecular weight is 642 g/mol. The lowest BCUT2D eigenvalue weighted by Crippen LogP contribution is -2.38. The first-order valence-corrected chi connectivity index (χ1v) is 13.8. The van der Waals surface area contributed by atoms with E-state index in [0.29, 0.717) is 47.3 Å². The van der Waals surface area contributed by atoms with Gasteiger partial charge in [0.1, 0.15) is 0 Å². The smallest absolute Gasteiger partial charge is 0.329 e. The number of methoxy groups -OCH3 is 2. The molecule has 0 radical (unpaired) electrons. The van der Waals surface area contributed by atoms with E-state index in [1.807, 2.05) is 38.1 Å². The number of hydrazone groups is 1. The molecule has 0 fully saturated rings. The number of benzene rings is 3. The molecule has 3 N–H and O–H groups in total. The molecule has 3 aromatic rings. The summed E-state index contributed by atoms with van der Waals surface area (Å²) in [7, 11) is 3.10. The highest BCUT2D eigenvalue weighted by molar-refractivity contribution is 9.10. The van der Waals surface area contributed by atoms with Crippen LogP contribution in [0.1, 0.15) is 23.6 Å². The molecule has 0 spiro atoms. The lowest BCUT2D eigenvalue weighted by molar-refractivity contribution is -0.139. The maximum absolute atomic E-state index is 12.4. The fourth-order valence-corrected chi connectivity index (χ4v) is 3.95. The third-order valence-corrected chi connectivity index (χ3v) is 6.69. The third-order valence-electron chi connectivity index (χ3n) is 5.80. The van der Waals surface area contributed by atoms with Gasteiger partial charge in [0.05, 0.1) is 27.0 Å². The minimum absolute atomic E-state index is 0.222. The number of nitrogens with zero attached hydrogens (tertiary/aromatic N) is 1. The molecule has 0 atom stereocenters. The second-order valence-corrected chi connectivity index (χ2v) is 9.69. The molecule has 11 nitrogen and oxygen atoms in total. The third kappa shape index (κ3) is 9.51. The second kappa shape index (κ2) is 16.0. The Kier molecular flexibility index (Phi) is 12.2. The summed E-state index contributed by atoms with van der Waals surface area (Å²) in [4.78, 5) is 36.7. The van der Waals surface area contributed by atoms with Gasteiger partial charge in [0, 0.05) is 16.7 Å². The van der Waals surface area contributed by atoms with Gasteiger partial charge in [-0.05, 0) is 85.5 Å². The van der Waals surface area contributed by atoms with Gasteiger partial charge >= 0.3 is 11.8 Å². The van der Waals surface area contributed by atoms with Crippen LogP contribution in [0.3, 0.4) is 0 Å². The molecule has 0 saturated heterocycles. The number of hydrogen-bond donors (Lipinski definition) is 3. The van der Waals surface area contributed by atoms with Crippen molar-refractivity contribution < 1.29 is 33.3 Å². The summed E-state index contributed by atoms with van der Waals surface area (Å²) in [6, 6.07) is 15.9. The molecule has 0 heterocycles. The van der Waals surface area contributed by atoms with Crippen molar-refractivity contribution in [3.05, 3.63) is 75.8 Å². The van der Waals surface area contributed by atoms with Gasteiger partial charge in [-0.1, -0.05) is 22.0 Å². The van der Waals surface area contributed by atoms with Gasteiger partial charge < -0.3 is 29.6 Å². The number of rotatable bonds is 13. The molecule has 0 aliphatic carbocycles. The molecule has 3 amide bonds. The first-order valence-electron chi connectivity index (χ1n) is 13.0. The Hall–Kier alpha value is -4.58. The molecular formula is C30H33BrN4O7. The van der Waals surface area contributed by atoms with Gasteiger partial charge in [0.15, 0.2) is 29.6 Å². The number of halogens is 1. The highest BCUT2D eigenvalue weighted by Crippen LogP contribution is 2.29. The zero-order valence-electron chi connectivity index (χ0n) is 23.8.